The third kappa shape index (κ3) is 3.17. The van der Waals surface area contributed by atoms with Gasteiger partial charge in [0.1, 0.15) is 0 Å². The van der Waals surface area contributed by atoms with Gasteiger partial charge in [0.15, 0.2) is 9.84 Å². The van der Waals surface area contributed by atoms with Crippen molar-refractivity contribution in [3.05, 3.63) is 0 Å². The Hall–Kier alpha value is -0.780. The van der Waals surface area contributed by atoms with E-state index in [1.54, 1.807) is 13.8 Å². The highest BCUT2D eigenvalue weighted by molar-refractivity contribution is 7.91. The van der Waals surface area contributed by atoms with Gasteiger partial charge in [-0.15, -0.1) is 0 Å². The Labute approximate surface area is 83.9 Å². The van der Waals surface area contributed by atoms with Crippen molar-refractivity contribution in [1.29, 1.82) is 0 Å². The molecule has 1 fully saturated rings. The summed E-state index contributed by atoms with van der Waals surface area (Å²) in [5.74, 6) is 0.0837. The van der Waals surface area contributed by atoms with Gasteiger partial charge in [-0.2, -0.15) is 0 Å². The Morgan fingerprint density at radius 2 is 1.79 bits per heavy atom. The first-order chi connectivity index (χ1) is 6.41. The molecule has 5 nitrogen and oxygen atoms in total. The van der Waals surface area contributed by atoms with E-state index < -0.39 is 15.9 Å². The van der Waals surface area contributed by atoms with E-state index >= 15 is 0 Å². The first-order valence-electron chi connectivity index (χ1n) is 4.57. The molecule has 0 bridgehead atoms. The molecule has 0 radical (unpaired) electrons. The second kappa shape index (κ2) is 4.16. The molecule has 0 N–H and O–H groups in total. The molecule has 0 atom stereocenters. The second-order valence-corrected chi connectivity index (χ2v) is 5.88. The summed E-state index contributed by atoms with van der Waals surface area (Å²) in [6.45, 7) is 4.01. The monoisotopic (exact) mass is 221 g/mol. The maximum Gasteiger partial charge on any atom is 0.410 e. The van der Waals surface area contributed by atoms with Crippen LogP contribution in [0.25, 0.3) is 0 Å². The quantitative estimate of drug-likeness (QED) is 0.637. The van der Waals surface area contributed by atoms with E-state index in [4.69, 9.17) is 4.74 Å². The Bertz CT molecular complexity index is 295. The van der Waals surface area contributed by atoms with Gasteiger partial charge in [0, 0.05) is 13.1 Å². The van der Waals surface area contributed by atoms with Crippen LogP contribution in [0.5, 0.6) is 0 Å². The molecule has 1 amide bonds. The summed E-state index contributed by atoms with van der Waals surface area (Å²) < 4.78 is 27.1. The van der Waals surface area contributed by atoms with Crippen molar-refractivity contribution in [3.8, 4) is 0 Å². The molecule has 1 saturated heterocycles. The van der Waals surface area contributed by atoms with Gasteiger partial charge < -0.3 is 9.64 Å². The average Bonchev–Trinajstić information content (AvgIpc) is 2.02. The fraction of sp³-hybridized carbons (Fsp3) is 0.875. The fourth-order valence-electron chi connectivity index (χ4n) is 1.17. The summed E-state index contributed by atoms with van der Waals surface area (Å²) in [4.78, 5) is 12.8. The summed E-state index contributed by atoms with van der Waals surface area (Å²) in [5, 5.41) is 0. The molecule has 0 spiro atoms. The van der Waals surface area contributed by atoms with Gasteiger partial charge in [-0.25, -0.2) is 13.2 Å². The van der Waals surface area contributed by atoms with E-state index in [0.29, 0.717) is 0 Å². The van der Waals surface area contributed by atoms with Gasteiger partial charge >= 0.3 is 6.09 Å². The molecule has 0 unspecified atom stereocenters. The van der Waals surface area contributed by atoms with Crippen LogP contribution in [0, 0.1) is 0 Å². The zero-order valence-corrected chi connectivity index (χ0v) is 9.21. The first kappa shape index (κ1) is 11.3. The molecule has 0 aliphatic carbocycles. The highest BCUT2D eigenvalue weighted by Gasteiger charge is 2.26. The third-order valence-electron chi connectivity index (χ3n) is 1.94. The largest absolute Gasteiger partial charge is 0.447 e. The Kier molecular flexibility index (Phi) is 3.36. The maximum absolute atomic E-state index is 11.3. The van der Waals surface area contributed by atoms with Crippen LogP contribution < -0.4 is 0 Å². The molecule has 0 aromatic heterocycles. The minimum Gasteiger partial charge on any atom is -0.447 e. The predicted octanol–water partition coefficient (Wildman–Crippen LogP) is 0.262. The number of nitrogens with zero attached hydrogens (tertiary/aromatic N) is 1. The van der Waals surface area contributed by atoms with Crippen molar-refractivity contribution in [2.24, 2.45) is 0 Å². The molecule has 1 aliphatic rings. The van der Waals surface area contributed by atoms with Crippen LogP contribution in [-0.4, -0.2) is 50.1 Å². The highest BCUT2D eigenvalue weighted by atomic mass is 32.2. The third-order valence-corrected chi connectivity index (χ3v) is 3.55. The van der Waals surface area contributed by atoms with E-state index in [9.17, 15) is 13.2 Å². The van der Waals surface area contributed by atoms with E-state index in [0.717, 1.165) is 0 Å². The minimum atomic E-state index is -2.93. The first-order valence-corrected chi connectivity index (χ1v) is 6.39. The van der Waals surface area contributed by atoms with Crippen molar-refractivity contribution < 1.29 is 17.9 Å². The average molecular weight is 221 g/mol. The number of hydrogen-bond donors (Lipinski definition) is 0. The molecule has 14 heavy (non-hydrogen) atoms. The van der Waals surface area contributed by atoms with Gasteiger partial charge in [0.25, 0.3) is 0 Å². The van der Waals surface area contributed by atoms with Crippen molar-refractivity contribution in [1.82, 2.24) is 4.90 Å². The predicted molar refractivity (Wildman–Crippen MR) is 51.8 cm³/mol. The summed E-state index contributed by atoms with van der Waals surface area (Å²) >= 11 is 0. The maximum atomic E-state index is 11.3. The van der Waals surface area contributed by atoms with Crippen LogP contribution in [0.3, 0.4) is 0 Å². The van der Waals surface area contributed by atoms with Crippen LogP contribution in [0.4, 0.5) is 4.79 Å². The number of sulfone groups is 1. The van der Waals surface area contributed by atoms with Crippen molar-refractivity contribution in [2.75, 3.05) is 24.6 Å². The molecule has 1 heterocycles. The minimum absolute atomic E-state index is 0.0419. The molecule has 6 heteroatoms. The zero-order valence-electron chi connectivity index (χ0n) is 8.39. The lowest BCUT2D eigenvalue weighted by molar-refractivity contribution is 0.0794. The van der Waals surface area contributed by atoms with Crippen LogP contribution in [0.1, 0.15) is 13.8 Å². The molecule has 0 saturated carbocycles. The van der Waals surface area contributed by atoms with Crippen molar-refractivity contribution in [3.63, 3.8) is 0 Å². The van der Waals surface area contributed by atoms with E-state index in [-0.39, 0.29) is 30.7 Å². The molecule has 1 rings (SSSR count). The Balaban J connectivity index is 2.46. The zero-order chi connectivity index (χ0) is 10.8. The Morgan fingerprint density at radius 3 is 2.21 bits per heavy atom. The van der Waals surface area contributed by atoms with Gasteiger partial charge in [-0.1, -0.05) is 0 Å². The van der Waals surface area contributed by atoms with E-state index in [1.807, 2.05) is 0 Å². The van der Waals surface area contributed by atoms with Crippen molar-refractivity contribution in [2.45, 2.75) is 20.0 Å². The van der Waals surface area contributed by atoms with Gasteiger partial charge in [-0.05, 0) is 13.8 Å². The lowest BCUT2D eigenvalue weighted by Gasteiger charge is -2.26. The number of carbonyl (C=O) groups excluding carboxylic acids is 1. The smallest absolute Gasteiger partial charge is 0.410 e. The Morgan fingerprint density at radius 1 is 1.29 bits per heavy atom. The summed E-state index contributed by atoms with van der Waals surface area (Å²) in [6, 6.07) is 0. The highest BCUT2D eigenvalue weighted by Crippen LogP contribution is 2.06. The number of ether oxygens (including phenoxy) is 1. The lowest BCUT2D eigenvalue weighted by Crippen LogP contribution is -2.44. The van der Waals surface area contributed by atoms with Gasteiger partial charge in [0.2, 0.25) is 0 Å². The molecule has 82 valence electrons. The van der Waals surface area contributed by atoms with Crippen LogP contribution in [0.2, 0.25) is 0 Å². The van der Waals surface area contributed by atoms with E-state index in [2.05, 4.69) is 0 Å². The van der Waals surface area contributed by atoms with Gasteiger partial charge in [0.05, 0.1) is 17.6 Å². The molecular weight excluding hydrogens is 206 g/mol. The van der Waals surface area contributed by atoms with E-state index in [1.165, 1.54) is 4.90 Å². The molecule has 0 aromatic rings. The molecule has 0 aromatic carbocycles. The number of carbonyl (C=O) groups is 1. The number of hydrogen-bond acceptors (Lipinski definition) is 4. The summed E-state index contributed by atoms with van der Waals surface area (Å²) in [5.41, 5.74) is 0. The molecule has 1 aliphatic heterocycles. The van der Waals surface area contributed by atoms with Crippen LogP contribution in [-0.2, 0) is 14.6 Å². The second-order valence-electron chi connectivity index (χ2n) is 3.57. The van der Waals surface area contributed by atoms with Crippen molar-refractivity contribution >= 4 is 15.9 Å². The summed E-state index contributed by atoms with van der Waals surface area (Å²) in [7, 11) is -2.93. The number of amides is 1. The topological polar surface area (TPSA) is 63.7 Å². The fourth-order valence-corrected chi connectivity index (χ4v) is 2.37. The van der Waals surface area contributed by atoms with Crippen LogP contribution >= 0.6 is 0 Å². The van der Waals surface area contributed by atoms with Gasteiger partial charge in [-0.3, -0.25) is 0 Å². The standard InChI is InChI=1S/C8H15NO4S/c1-7(2)13-8(10)9-3-5-14(11,12)6-4-9/h7H,3-6H2,1-2H3. The summed E-state index contributed by atoms with van der Waals surface area (Å²) in [6.07, 6.45) is -0.587. The molecular formula is C8H15NO4S. The SMILES string of the molecule is CC(C)OC(=O)N1CCS(=O)(=O)CC1. The normalized spacial score (nSPS) is 20.9. The number of rotatable bonds is 1. The van der Waals surface area contributed by atoms with Crippen LogP contribution in [0.15, 0.2) is 0 Å². The lowest BCUT2D eigenvalue weighted by atomic mass is 10.5.